The highest BCUT2D eigenvalue weighted by Crippen LogP contribution is 2.16. The number of amides is 2. The van der Waals surface area contributed by atoms with Gasteiger partial charge in [-0.05, 0) is 41.2 Å². The van der Waals surface area contributed by atoms with E-state index < -0.39 is 36.2 Å². The van der Waals surface area contributed by atoms with Crippen LogP contribution in [-0.2, 0) is 43.4 Å². The van der Waals surface area contributed by atoms with Crippen molar-refractivity contribution in [2.45, 2.75) is 52.0 Å². The van der Waals surface area contributed by atoms with E-state index in [9.17, 15) is 19.2 Å². The average molecular weight is 577 g/mol. The minimum Gasteiger partial charge on any atom is -0.467 e. The number of rotatable bonds is 13. The van der Waals surface area contributed by atoms with Gasteiger partial charge in [0, 0.05) is 6.42 Å². The van der Waals surface area contributed by atoms with Crippen molar-refractivity contribution in [3.8, 4) is 5.75 Å². The fourth-order valence-electron chi connectivity index (χ4n) is 3.99. The van der Waals surface area contributed by atoms with Crippen molar-refractivity contribution in [2.24, 2.45) is 5.92 Å². The predicted molar refractivity (Wildman–Crippen MR) is 154 cm³/mol. The molecule has 2 amide bonds. The van der Waals surface area contributed by atoms with Crippen LogP contribution in [0.4, 0.5) is 9.59 Å². The first-order chi connectivity index (χ1) is 20.2. The number of methoxy groups -OCH3 is 1. The number of nitrogens with one attached hydrogen (secondary N) is 2. The number of alkyl carbamates (subject to hydrolysis) is 1. The molecular weight excluding hydrogens is 540 g/mol. The van der Waals surface area contributed by atoms with Crippen molar-refractivity contribution in [1.29, 1.82) is 0 Å². The highest BCUT2D eigenvalue weighted by Gasteiger charge is 2.28. The second kappa shape index (κ2) is 16.4. The summed E-state index contributed by atoms with van der Waals surface area (Å²) in [6, 6.07) is 22.8. The number of ether oxygens (including phenoxy) is 4. The van der Waals surface area contributed by atoms with Crippen molar-refractivity contribution in [3.63, 3.8) is 0 Å². The fourth-order valence-corrected chi connectivity index (χ4v) is 3.99. The molecule has 0 aliphatic rings. The fraction of sp³-hybridized carbons (Fsp3) is 0.312. The Morgan fingerprint density at radius 3 is 1.81 bits per heavy atom. The lowest BCUT2D eigenvalue weighted by molar-refractivity contribution is -0.145. The molecule has 3 aromatic carbocycles. The van der Waals surface area contributed by atoms with Gasteiger partial charge in [0.25, 0.3) is 0 Å². The summed E-state index contributed by atoms with van der Waals surface area (Å²) in [6.07, 6.45) is -1.22. The van der Waals surface area contributed by atoms with Crippen LogP contribution >= 0.6 is 0 Å². The minimum absolute atomic E-state index is 0.0194. The van der Waals surface area contributed by atoms with Crippen LogP contribution in [0.1, 0.15) is 37.0 Å². The molecule has 10 heteroatoms. The van der Waals surface area contributed by atoms with E-state index in [1.807, 2.05) is 74.5 Å². The van der Waals surface area contributed by atoms with Gasteiger partial charge in [-0.3, -0.25) is 4.79 Å². The lowest BCUT2D eigenvalue weighted by Crippen LogP contribution is -2.53. The first-order valence-electron chi connectivity index (χ1n) is 13.6. The van der Waals surface area contributed by atoms with Gasteiger partial charge < -0.3 is 29.6 Å². The SMILES string of the molecule is COC(=O)C(CC(C)C)NC(=O)C(Cc1ccc(OC(=O)OCc2ccccc2)cc1)NC(=O)OCc1ccccc1. The van der Waals surface area contributed by atoms with Crippen LogP contribution in [0.3, 0.4) is 0 Å². The van der Waals surface area contributed by atoms with Crippen molar-refractivity contribution >= 4 is 24.1 Å². The predicted octanol–water partition coefficient (Wildman–Crippen LogP) is 4.94. The van der Waals surface area contributed by atoms with Crippen LogP contribution in [0, 0.1) is 5.92 Å². The Bertz CT molecular complexity index is 1300. The number of carbonyl (C=O) groups is 4. The van der Waals surface area contributed by atoms with Crippen LogP contribution < -0.4 is 15.4 Å². The second-order valence-electron chi connectivity index (χ2n) is 9.95. The molecule has 222 valence electrons. The van der Waals surface area contributed by atoms with Crippen LogP contribution in [-0.4, -0.2) is 43.3 Å². The maximum Gasteiger partial charge on any atom is 0.514 e. The Morgan fingerprint density at radius 2 is 1.26 bits per heavy atom. The standard InChI is InChI=1S/C32H36N2O8/c1-22(2)18-28(30(36)39-3)33-29(35)27(34-31(37)40-20-24-10-6-4-7-11-24)19-23-14-16-26(17-15-23)42-32(38)41-21-25-12-8-5-9-13-25/h4-17,22,27-28H,18-21H2,1-3H3,(H,33,35)(H,34,37). The summed E-state index contributed by atoms with van der Waals surface area (Å²) in [6.45, 7) is 3.93. The maximum atomic E-state index is 13.3. The van der Waals surface area contributed by atoms with E-state index >= 15 is 0 Å². The molecule has 0 spiro atoms. The Balaban J connectivity index is 1.65. The zero-order chi connectivity index (χ0) is 30.3. The van der Waals surface area contributed by atoms with Crippen LogP contribution in [0.5, 0.6) is 5.75 Å². The first-order valence-corrected chi connectivity index (χ1v) is 13.6. The lowest BCUT2D eigenvalue weighted by atomic mass is 10.0. The molecule has 42 heavy (non-hydrogen) atoms. The molecule has 0 aliphatic heterocycles. The molecule has 0 radical (unpaired) electrons. The van der Waals surface area contributed by atoms with E-state index in [1.54, 1.807) is 24.3 Å². The highest BCUT2D eigenvalue weighted by molar-refractivity contribution is 5.89. The van der Waals surface area contributed by atoms with Crippen molar-refractivity contribution < 1.29 is 38.1 Å². The topological polar surface area (TPSA) is 129 Å². The van der Waals surface area contributed by atoms with Gasteiger partial charge in [-0.1, -0.05) is 86.6 Å². The van der Waals surface area contributed by atoms with Gasteiger partial charge in [0.05, 0.1) is 7.11 Å². The summed E-state index contributed by atoms with van der Waals surface area (Å²) in [5, 5.41) is 5.29. The third kappa shape index (κ3) is 11.0. The number of benzene rings is 3. The average Bonchev–Trinajstić information content (AvgIpc) is 2.99. The van der Waals surface area contributed by atoms with Gasteiger partial charge in [0.1, 0.15) is 31.0 Å². The molecular formula is C32H36N2O8. The summed E-state index contributed by atoms with van der Waals surface area (Å²) < 4.78 is 20.5. The quantitative estimate of drug-likeness (QED) is 0.166. The molecule has 3 aromatic rings. The summed E-state index contributed by atoms with van der Waals surface area (Å²) in [4.78, 5) is 50.3. The number of carbonyl (C=O) groups excluding carboxylic acids is 4. The van der Waals surface area contributed by atoms with E-state index in [4.69, 9.17) is 18.9 Å². The zero-order valence-electron chi connectivity index (χ0n) is 23.9. The Hall–Kier alpha value is -4.86. The number of hydrogen-bond acceptors (Lipinski definition) is 8. The molecule has 0 saturated carbocycles. The van der Waals surface area contributed by atoms with Gasteiger partial charge >= 0.3 is 18.2 Å². The number of esters is 1. The molecule has 0 heterocycles. The smallest absolute Gasteiger partial charge is 0.467 e. The van der Waals surface area contributed by atoms with Crippen LogP contribution in [0.2, 0.25) is 0 Å². The molecule has 10 nitrogen and oxygen atoms in total. The molecule has 0 aliphatic carbocycles. The number of hydrogen-bond donors (Lipinski definition) is 2. The zero-order valence-corrected chi connectivity index (χ0v) is 23.9. The van der Waals surface area contributed by atoms with Crippen LogP contribution in [0.25, 0.3) is 0 Å². The molecule has 2 N–H and O–H groups in total. The van der Waals surface area contributed by atoms with Crippen molar-refractivity contribution in [3.05, 3.63) is 102 Å². The summed E-state index contributed by atoms with van der Waals surface area (Å²) in [7, 11) is 1.25. The Labute approximate surface area is 245 Å². The molecule has 2 atom stereocenters. The Morgan fingerprint density at radius 1 is 0.690 bits per heavy atom. The second-order valence-corrected chi connectivity index (χ2v) is 9.95. The van der Waals surface area contributed by atoms with Gasteiger partial charge in [-0.2, -0.15) is 0 Å². The lowest BCUT2D eigenvalue weighted by Gasteiger charge is -2.23. The van der Waals surface area contributed by atoms with Gasteiger partial charge in [0.15, 0.2) is 0 Å². The van der Waals surface area contributed by atoms with Crippen molar-refractivity contribution in [1.82, 2.24) is 10.6 Å². The first kappa shape index (κ1) is 31.7. The van der Waals surface area contributed by atoms with Crippen molar-refractivity contribution in [2.75, 3.05) is 7.11 Å². The molecule has 0 saturated heterocycles. The highest BCUT2D eigenvalue weighted by atomic mass is 16.7. The van der Waals surface area contributed by atoms with Crippen LogP contribution in [0.15, 0.2) is 84.9 Å². The largest absolute Gasteiger partial charge is 0.514 e. The summed E-state index contributed by atoms with van der Waals surface area (Å²) in [5.74, 6) is -0.810. The normalized spacial score (nSPS) is 12.0. The maximum absolute atomic E-state index is 13.3. The van der Waals surface area contributed by atoms with E-state index in [0.717, 1.165) is 11.1 Å². The van der Waals surface area contributed by atoms with Gasteiger partial charge in [-0.15, -0.1) is 0 Å². The third-order valence-electron chi connectivity index (χ3n) is 6.09. The molecule has 0 aromatic heterocycles. The molecule has 3 rings (SSSR count). The minimum atomic E-state index is -1.07. The summed E-state index contributed by atoms with van der Waals surface area (Å²) in [5.41, 5.74) is 2.27. The summed E-state index contributed by atoms with van der Waals surface area (Å²) >= 11 is 0. The van der Waals surface area contributed by atoms with E-state index in [0.29, 0.717) is 12.0 Å². The van der Waals surface area contributed by atoms with Gasteiger partial charge in [-0.25, -0.2) is 14.4 Å². The van der Waals surface area contributed by atoms with E-state index in [-0.39, 0.29) is 31.3 Å². The van der Waals surface area contributed by atoms with E-state index in [2.05, 4.69) is 10.6 Å². The van der Waals surface area contributed by atoms with Gasteiger partial charge in [0.2, 0.25) is 5.91 Å². The third-order valence-corrected chi connectivity index (χ3v) is 6.09. The molecule has 0 bridgehead atoms. The Kier molecular flexibility index (Phi) is 12.4. The monoisotopic (exact) mass is 576 g/mol. The molecule has 0 fully saturated rings. The molecule has 2 unspecified atom stereocenters. The van der Waals surface area contributed by atoms with E-state index in [1.165, 1.54) is 7.11 Å².